The summed E-state index contributed by atoms with van der Waals surface area (Å²) < 4.78 is 2.18. The van der Waals surface area contributed by atoms with E-state index in [9.17, 15) is 9.59 Å². The molecule has 1 aliphatic rings. The third kappa shape index (κ3) is 3.43. The van der Waals surface area contributed by atoms with Crippen LogP contribution >= 0.6 is 0 Å². The Morgan fingerprint density at radius 3 is 2.64 bits per heavy atom. The maximum atomic E-state index is 12.7. The average molecular weight is 373 g/mol. The molecule has 1 unspecified atom stereocenters. The average Bonchev–Trinajstić information content (AvgIpc) is 2.98. The number of hydrogen-bond donors (Lipinski definition) is 2. The predicted molar refractivity (Wildman–Crippen MR) is 111 cm³/mol. The first kappa shape index (κ1) is 18.0. The Kier molecular flexibility index (Phi) is 4.74. The lowest BCUT2D eigenvalue weighted by molar-refractivity contribution is -0.117. The summed E-state index contributed by atoms with van der Waals surface area (Å²) in [7, 11) is 0. The van der Waals surface area contributed by atoms with Gasteiger partial charge in [0.1, 0.15) is 6.04 Å². The van der Waals surface area contributed by atoms with E-state index in [0.29, 0.717) is 17.7 Å². The van der Waals surface area contributed by atoms with E-state index < -0.39 is 6.04 Å². The highest BCUT2D eigenvalue weighted by molar-refractivity contribution is 6.10. The Morgan fingerprint density at radius 2 is 1.82 bits per heavy atom. The first-order valence-electron chi connectivity index (χ1n) is 9.44. The van der Waals surface area contributed by atoms with Crippen LogP contribution in [0, 0.1) is 0 Å². The predicted octanol–water partition coefficient (Wildman–Crippen LogP) is 3.90. The molecule has 0 saturated heterocycles. The Hall–Kier alpha value is -3.34. The highest BCUT2D eigenvalue weighted by atomic mass is 16.2. The summed E-state index contributed by atoms with van der Waals surface area (Å²) in [5, 5.41) is 6.87. The highest BCUT2D eigenvalue weighted by Gasteiger charge is 2.28. The maximum Gasteiger partial charge on any atom is 0.254 e. The summed E-state index contributed by atoms with van der Waals surface area (Å²) in [4.78, 5) is 25.3. The molecular formula is C23H23N3O2. The number of fused-ring (bicyclic) bond motifs is 2. The number of carbonyl (C=O) groups excluding carboxylic acids is 2. The van der Waals surface area contributed by atoms with Crippen molar-refractivity contribution in [2.75, 3.05) is 5.32 Å². The van der Waals surface area contributed by atoms with Gasteiger partial charge in [-0.3, -0.25) is 9.59 Å². The van der Waals surface area contributed by atoms with Crippen LogP contribution in [0.15, 0.2) is 66.4 Å². The molecule has 0 aliphatic carbocycles. The second kappa shape index (κ2) is 7.35. The zero-order valence-corrected chi connectivity index (χ0v) is 16.0. The topological polar surface area (TPSA) is 63.1 Å². The van der Waals surface area contributed by atoms with Gasteiger partial charge in [0.15, 0.2) is 0 Å². The van der Waals surface area contributed by atoms with Gasteiger partial charge in [-0.2, -0.15) is 0 Å². The molecule has 4 rings (SSSR count). The largest absolute Gasteiger partial charge is 0.343 e. The Balaban J connectivity index is 1.66. The van der Waals surface area contributed by atoms with E-state index in [0.717, 1.165) is 23.0 Å². The van der Waals surface area contributed by atoms with E-state index in [-0.39, 0.29) is 11.8 Å². The smallest absolute Gasteiger partial charge is 0.254 e. The first-order valence-corrected chi connectivity index (χ1v) is 9.44. The van der Waals surface area contributed by atoms with Crippen molar-refractivity contribution in [1.29, 1.82) is 0 Å². The second-order valence-corrected chi connectivity index (χ2v) is 7.37. The molecular weight excluding hydrogens is 350 g/mol. The Bertz CT molecular complexity index is 1090. The summed E-state index contributed by atoms with van der Waals surface area (Å²) in [5.41, 5.74) is 4.47. The Labute approximate surface area is 164 Å². The SMILES string of the molecule is CC(C)=CCn1cc(CC2NC(=O)c3ccccc3NC2=O)c2ccccc21. The van der Waals surface area contributed by atoms with Crippen molar-refractivity contribution in [3.05, 3.63) is 77.5 Å². The number of nitrogens with zero attached hydrogens (tertiary/aromatic N) is 1. The fraction of sp³-hybridized carbons (Fsp3) is 0.217. The molecule has 142 valence electrons. The van der Waals surface area contributed by atoms with E-state index >= 15 is 0 Å². The van der Waals surface area contributed by atoms with Crippen molar-refractivity contribution in [2.24, 2.45) is 0 Å². The van der Waals surface area contributed by atoms with Crippen molar-refractivity contribution in [3.63, 3.8) is 0 Å². The van der Waals surface area contributed by atoms with Gasteiger partial charge in [-0.05, 0) is 37.6 Å². The molecule has 2 N–H and O–H groups in total. The van der Waals surface area contributed by atoms with Crippen LogP contribution in [0.4, 0.5) is 5.69 Å². The number of carbonyl (C=O) groups is 2. The minimum absolute atomic E-state index is 0.195. The second-order valence-electron chi connectivity index (χ2n) is 7.37. The van der Waals surface area contributed by atoms with Crippen LogP contribution in [0.25, 0.3) is 10.9 Å². The molecule has 0 bridgehead atoms. The fourth-order valence-electron chi connectivity index (χ4n) is 3.59. The monoisotopic (exact) mass is 373 g/mol. The van der Waals surface area contributed by atoms with E-state index in [1.165, 1.54) is 5.57 Å². The highest BCUT2D eigenvalue weighted by Crippen LogP contribution is 2.25. The fourth-order valence-corrected chi connectivity index (χ4v) is 3.59. The van der Waals surface area contributed by atoms with Gasteiger partial charge >= 0.3 is 0 Å². The van der Waals surface area contributed by atoms with Gasteiger partial charge in [-0.15, -0.1) is 0 Å². The standard InChI is InChI=1S/C23H23N3O2/c1-15(2)11-12-26-14-16(17-7-4-6-10-21(17)26)13-20-23(28)24-19-9-5-3-8-18(19)22(27)25-20/h3-11,14,20H,12-13H2,1-2H3,(H,24,28)(H,25,27). The van der Waals surface area contributed by atoms with E-state index in [2.05, 4.69) is 53.5 Å². The molecule has 0 spiro atoms. The van der Waals surface area contributed by atoms with Crippen molar-refractivity contribution < 1.29 is 9.59 Å². The van der Waals surface area contributed by atoms with E-state index in [4.69, 9.17) is 0 Å². The number of benzene rings is 2. The summed E-state index contributed by atoms with van der Waals surface area (Å²) in [6, 6.07) is 14.6. The summed E-state index contributed by atoms with van der Waals surface area (Å²) in [5.74, 6) is -0.424. The summed E-state index contributed by atoms with van der Waals surface area (Å²) in [6.07, 6.45) is 4.70. The van der Waals surface area contributed by atoms with Crippen LogP contribution in [0.2, 0.25) is 0 Å². The van der Waals surface area contributed by atoms with Crippen molar-refractivity contribution in [3.8, 4) is 0 Å². The number of para-hydroxylation sites is 2. The van der Waals surface area contributed by atoms with E-state index in [1.807, 2.05) is 18.2 Å². The molecule has 5 heteroatoms. The molecule has 0 fully saturated rings. The third-order valence-electron chi connectivity index (χ3n) is 5.04. The minimum atomic E-state index is -0.623. The molecule has 3 aromatic rings. The third-order valence-corrected chi connectivity index (χ3v) is 5.04. The van der Waals surface area contributed by atoms with Gasteiger partial charge < -0.3 is 15.2 Å². The zero-order chi connectivity index (χ0) is 19.7. The van der Waals surface area contributed by atoms with Gasteiger partial charge in [0, 0.05) is 30.1 Å². The number of amides is 2. The molecule has 2 amide bonds. The number of anilines is 1. The van der Waals surface area contributed by atoms with Crippen LogP contribution in [0.5, 0.6) is 0 Å². The van der Waals surface area contributed by atoms with Crippen LogP contribution < -0.4 is 10.6 Å². The van der Waals surface area contributed by atoms with Crippen molar-refractivity contribution in [1.82, 2.24) is 9.88 Å². The summed E-state index contributed by atoms with van der Waals surface area (Å²) in [6.45, 7) is 4.93. The number of hydrogen-bond acceptors (Lipinski definition) is 2. The van der Waals surface area contributed by atoms with Crippen molar-refractivity contribution in [2.45, 2.75) is 32.9 Å². The molecule has 0 radical (unpaired) electrons. The lowest BCUT2D eigenvalue weighted by Gasteiger charge is -2.14. The van der Waals surface area contributed by atoms with Crippen LogP contribution in [0.1, 0.15) is 29.8 Å². The number of nitrogens with one attached hydrogen (secondary N) is 2. The maximum absolute atomic E-state index is 12.7. The molecule has 1 atom stereocenters. The molecule has 2 heterocycles. The molecule has 2 aromatic carbocycles. The minimum Gasteiger partial charge on any atom is -0.343 e. The Morgan fingerprint density at radius 1 is 1.07 bits per heavy atom. The first-order chi connectivity index (χ1) is 13.5. The normalized spacial score (nSPS) is 16.1. The molecule has 1 aliphatic heterocycles. The van der Waals surface area contributed by atoms with Gasteiger partial charge in [0.25, 0.3) is 5.91 Å². The molecule has 5 nitrogen and oxygen atoms in total. The van der Waals surface area contributed by atoms with E-state index in [1.54, 1.807) is 18.2 Å². The summed E-state index contributed by atoms with van der Waals surface area (Å²) >= 11 is 0. The lowest BCUT2D eigenvalue weighted by Crippen LogP contribution is -2.42. The van der Waals surface area contributed by atoms with Crippen LogP contribution in [-0.4, -0.2) is 22.4 Å². The van der Waals surface area contributed by atoms with Crippen LogP contribution in [0.3, 0.4) is 0 Å². The van der Waals surface area contributed by atoms with Crippen LogP contribution in [-0.2, 0) is 17.8 Å². The number of aromatic nitrogens is 1. The number of rotatable bonds is 4. The quantitative estimate of drug-likeness (QED) is 0.681. The van der Waals surface area contributed by atoms with Gasteiger partial charge in [0.2, 0.25) is 5.91 Å². The van der Waals surface area contributed by atoms with Gasteiger partial charge in [-0.25, -0.2) is 0 Å². The van der Waals surface area contributed by atoms with Crippen molar-refractivity contribution >= 4 is 28.4 Å². The molecule has 0 saturated carbocycles. The van der Waals surface area contributed by atoms with Gasteiger partial charge in [0.05, 0.1) is 11.3 Å². The molecule has 1 aromatic heterocycles. The molecule has 28 heavy (non-hydrogen) atoms. The number of allylic oxidation sites excluding steroid dienone is 2. The lowest BCUT2D eigenvalue weighted by atomic mass is 10.0. The zero-order valence-electron chi connectivity index (χ0n) is 16.0. The van der Waals surface area contributed by atoms with Gasteiger partial charge in [-0.1, -0.05) is 42.0 Å².